The number of nitrogens with zero attached hydrogens (tertiary/aromatic N) is 2. The van der Waals surface area contributed by atoms with Crippen LogP contribution in [0.15, 0.2) is 47.2 Å². The van der Waals surface area contributed by atoms with Crippen LogP contribution in [-0.2, 0) is 20.8 Å². The lowest BCUT2D eigenvalue weighted by atomic mass is 9.57. The van der Waals surface area contributed by atoms with Crippen LogP contribution in [0, 0.1) is 11.8 Å². The Labute approximate surface area is 230 Å². The number of benzene rings is 2. The Morgan fingerprint density at radius 2 is 1.65 bits per heavy atom. The minimum atomic E-state index is -2.69. The summed E-state index contributed by atoms with van der Waals surface area (Å²) in [4.78, 5) is 42.7. The predicted octanol–water partition coefficient (Wildman–Crippen LogP) is 1.28. The SMILES string of the molecule is CN(C)c1c2c(c(O)c(N)c1-c1ccccc1)C(O)=C1C(=O)[C@]3(O)C(O)=C(C(N)=O)C(=O)[C@@H](N(C)C)[C@@H]3C[C@@H]1C2. The van der Waals surface area contributed by atoms with Crippen LogP contribution in [0.3, 0.4) is 0 Å². The van der Waals surface area contributed by atoms with Gasteiger partial charge < -0.3 is 36.8 Å². The number of nitrogen functional groups attached to an aromatic ring is 1. The van der Waals surface area contributed by atoms with Gasteiger partial charge in [-0.15, -0.1) is 0 Å². The second-order valence-electron chi connectivity index (χ2n) is 11.1. The van der Waals surface area contributed by atoms with Gasteiger partial charge in [0.05, 0.1) is 23.0 Å². The molecular formula is C29H32N4O7. The molecule has 11 heteroatoms. The van der Waals surface area contributed by atoms with E-state index in [4.69, 9.17) is 11.5 Å². The number of hydrogen-bond donors (Lipinski definition) is 6. The van der Waals surface area contributed by atoms with Crippen LogP contribution in [0.5, 0.6) is 5.75 Å². The molecule has 11 nitrogen and oxygen atoms in total. The molecule has 0 radical (unpaired) electrons. The van der Waals surface area contributed by atoms with E-state index in [0.29, 0.717) is 16.8 Å². The lowest BCUT2D eigenvalue weighted by molar-refractivity contribution is -0.153. The number of primary amides is 1. The number of phenols is 1. The summed E-state index contributed by atoms with van der Waals surface area (Å²) in [5, 5.41) is 45.5. The molecule has 0 aromatic heterocycles. The van der Waals surface area contributed by atoms with Gasteiger partial charge in [0.25, 0.3) is 5.91 Å². The topological polar surface area (TPSA) is 191 Å². The number of nitrogens with two attached hydrogens (primary N) is 2. The summed E-state index contributed by atoms with van der Waals surface area (Å²) in [5.41, 5.74) is 10.5. The normalized spacial score (nSPS) is 26.0. The Hall–Kier alpha value is -4.35. The van der Waals surface area contributed by atoms with Crippen LogP contribution in [0.1, 0.15) is 17.5 Å². The van der Waals surface area contributed by atoms with Gasteiger partial charge in [-0.3, -0.25) is 19.3 Å². The zero-order valence-electron chi connectivity index (χ0n) is 22.6. The molecule has 3 aliphatic rings. The number of carbonyl (C=O) groups is 3. The number of ketones is 2. The average molecular weight is 549 g/mol. The number of hydrogen-bond acceptors (Lipinski definition) is 10. The van der Waals surface area contributed by atoms with Gasteiger partial charge in [-0.1, -0.05) is 30.3 Å². The van der Waals surface area contributed by atoms with Crippen LogP contribution < -0.4 is 16.4 Å². The first-order chi connectivity index (χ1) is 18.7. The van der Waals surface area contributed by atoms with E-state index in [0.717, 1.165) is 5.56 Å². The summed E-state index contributed by atoms with van der Waals surface area (Å²) < 4.78 is 0. The van der Waals surface area contributed by atoms with Crippen molar-refractivity contribution in [1.82, 2.24) is 4.90 Å². The van der Waals surface area contributed by atoms with E-state index in [2.05, 4.69) is 0 Å². The van der Waals surface area contributed by atoms with E-state index in [9.17, 15) is 34.8 Å². The largest absolute Gasteiger partial charge is 0.508 e. The number of carbonyl (C=O) groups excluding carboxylic acids is 3. The van der Waals surface area contributed by atoms with Crippen LogP contribution in [0.2, 0.25) is 0 Å². The van der Waals surface area contributed by atoms with Gasteiger partial charge in [0.15, 0.2) is 11.4 Å². The van der Waals surface area contributed by atoms with Gasteiger partial charge in [-0.25, -0.2) is 0 Å². The first kappa shape index (κ1) is 27.2. The third-order valence-corrected chi connectivity index (χ3v) is 8.41. The van der Waals surface area contributed by atoms with Gasteiger partial charge >= 0.3 is 0 Å². The molecule has 4 atom stereocenters. The zero-order valence-corrected chi connectivity index (χ0v) is 22.6. The summed E-state index contributed by atoms with van der Waals surface area (Å²) in [5.74, 6) is -7.10. The van der Waals surface area contributed by atoms with Crippen molar-refractivity contribution in [3.8, 4) is 16.9 Å². The van der Waals surface area contributed by atoms with Crippen LogP contribution in [0.4, 0.5) is 11.4 Å². The van der Waals surface area contributed by atoms with Crippen LogP contribution in [0.25, 0.3) is 16.9 Å². The van der Waals surface area contributed by atoms with E-state index < -0.39 is 63.8 Å². The van der Waals surface area contributed by atoms with Crippen molar-refractivity contribution in [2.75, 3.05) is 38.8 Å². The standard InChI is InChI=1S/C29H32N4O7/c1-32(2)21-14-10-13-11-15-22(33(3)4)25(36)19(28(31)39)27(38)29(15,40)26(37)17(13)23(34)18(14)24(35)20(30)16(21)12-8-6-5-7-9-12/h5-9,13,15,22,34-35,38,40H,10-11,30H2,1-4H3,(H2,31,39)/t13-,15-,22-,29-/m0/s1. The number of phenolic OH excluding ortho intramolecular Hbond substituents is 1. The average Bonchev–Trinajstić information content (AvgIpc) is 2.88. The number of rotatable bonds is 4. The first-order valence-corrected chi connectivity index (χ1v) is 12.8. The summed E-state index contributed by atoms with van der Waals surface area (Å²) in [6.45, 7) is 0. The number of aromatic hydroxyl groups is 1. The second-order valence-corrected chi connectivity index (χ2v) is 11.1. The summed E-state index contributed by atoms with van der Waals surface area (Å²) in [6.07, 6.45) is 0.167. The third kappa shape index (κ3) is 3.47. The van der Waals surface area contributed by atoms with E-state index in [1.165, 1.54) is 4.90 Å². The van der Waals surface area contributed by atoms with E-state index in [-0.39, 0.29) is 29.7 Å². The van der Waals surface area contributed by atoms with Crippen molar-refractivity contribution in [3.63, 3.8) is 0 Å². The molecule has 0 unspecified atom stereocenters. The number of likely N-dealkylation sites (N-methyl/N-ethyl adjacent to an activating group) is 1. The quantitative estimate of drug-likeness (QED) is 0.184. The zero-order chi connectivity index (χ0) is 29.4. The molecule has 5 rings (SSSR count). The lowest BCUT2D eigenvalue weighted by Gasteiger charge is -2.50. The molecule has 2 aromatic rings. The highest BCUT2D eigenvalue weighted by Crippen LogP contribution is 2.56. The minimum Gasteiger partial charge on any atom is -0.508 e. The molecule has 0 saturated heterocycles. The summed E-state index contributed by atoms with van der Waals surface area (Å²) >= 11 is 0. The Kier molecular flexibility index (Phi) is 6.20. The van der Waals surface area contributed by atoms with Crippen molar-refractivity contribution in [3.05, 3.63) is 58.4 Å². The smallest absolute Gasteiger partial charge is 0.255 e. The maximum atomic E-state index is 14.0. The molecule has 0 bridgehead atoms. The van der Waals surface area contributed by atoms with Crippen LogP contribution >= 0.6 is 0 Å². The van der Waals surface area contributed by atoms with Crippen molar-refractivity contribution < 1.29 is 34.8 Å². The molecule has 40 heavy (non-hydrogen) atoms. The van der Waals surface area contributed by atoms with E-state index in [1.54, 1.807) is 28.2 Å². The van der Waals surface area contributed by atoms with Gasteiger partial charge in [-0.2, -0.15) is 0 Å². The molecule has 1 fully saturated rings. The number of amides is 1. The van der Waals surface area contributed by atoms with Gasteiger partial charge in [0.1, 0.15) is 22.8 Å². The number of Topliss-reactive ketones (excluding diaryl/α,β-unsaturated/α-hetero) is 2. The molecule has 210 valence electrons. The molecule has 0 heterocycles. The molecule has 8 N–H and O–H groups in total. The molecule has 0 aliphatic heterocycles. The fraction of sp³-hybridized carbons (Fsp3) is 0.345. The Balaban J connectivity index is 1.80. The van der Waals surface area contributed by atoms with Gasteiger partial charge in [-0.05, 0) is 44.0 Å². The molecular weight excluding hydrogens is 516 g/mol. The Bertz CT molecular complexity index is 1540. The summed E-state index contributed by atoms with van der Waals surface area (Å²) in [6, 6.07) is 8.07. The second kappa shape index (κ2) is 9.10. The number of fused-ring (bicyclic) bond motifs is 3. The first-order valence-electron chi connectivity index (χ1n) is 12.8. The van der Waals surface area contributed by atoms with E-state index in [1.807, 2.05) is 35.2 Å². The number of aliphatic hydroxyl groups is 3. The number of anilines is 2. The fourth-order valence-electron chi connectivity index (χ4n) is 6.77. The highest BCUT2D eigenvalue weighted by Gasteiger charge is 2.64. The molecule has 0 spiro atoms. The third-order valence-electron chi connectivity index (χ3n) is 8.41. The Morgan fingerprint density at radius 1 is 1.02 bits per heavy atom. The maximum absolute atomic E-state index is 14.0. The van der Waals surface area contributed by atoms with Gasteiger partial charge in [0.2, 0.25) is 5.78 Å². The van der Waals surface area contributed by atoms with Crippen LogP contribution in [-0.4, -0.2) is 82.6 Å². The van der Waals surface area contributed by atoms with Crippen molar-refractivity contribution in [1.29, 1.82) is 0 Å². The van der Waals surface area contributed by atoms with Crippen molar-refractivity contribution in [2.24, 2.45) is 17.6 Å². The predicted molar refractivity (Wildman–Crippen MR) is 148 cm³/mol. The molecule has 2 aromatic carbocycles. The van der Waals surface area contributed by atoms with Crippen molar-refractivity contribution >= 4 is 34.6 Å². The highest BCUT2D eigenvalue weighted by molar-refractivity contribution is 6.24. The summed E-state index contributed by atoms with van der Waals surface area (Å²) in [7, 11) is 6.72. The highest BCUT2D eigenvalue weighted by atomic mass is 16.3. The molecule has 1 amide bonds. The molecule has 1 saturated carbocycles. The number of aliphatic hydroxyl groups excluding tert-OH is 2. The lowest BCUT2D eigenvalue weighted by Crippen LogP contribution is -2.65. The minimum absolute atomic E-state index is 0.00440. The Morgan fingerprint density at radius 3 is 2.20 bits per heavy atom. The molecule has 3 aliphatic carbocycles. The van der Waals surface area contributed by atoms with E-state index >= 15 is 0 Å². The fourth-order valence-corrected chi connectivity index (χ4v) is 6.77. The maximum Gasteiger partial charge on any atom is 0.255 e. The monoisotopic (exact) mass is 548 g/mol. The van der Waals surface area contributed by atoms with Gasteiger partial charge in [0, 0.05) is 31.1 Å². The van der Waals surface area contributed by atoms with Crippen molar-refractivity contribution in [2.45, 2.75) is 24.5 Å².